The highest BCUT2D eigenvalue weighted by Gasteiger charge is 2.04. The number of aromatic hydroxyl groups is 1. The van der Waals surface area contributed by atoms with Crippen LogP contribution in [0.1, 0.15) is 22.8 Å². The minimum Gasteiger partial charge on any atom is -0.507 e. The van der Waals surface area contributed by atoms with Gasteiger partial charge >= 0.3 is 5.97 Å². The number of carboxylic acids is 1. The summed E-state index contributed by atoms with van der Waals surface area (Å²) in [5.41, 5.74) is 2.25. The third kappa shape index (κ3) is 5.49. The molecule has 0 unspecified atom stereocenters. The quantitative estimate of drug-likeness (QED) is 0.402. The molecule has 0 heterocycles. The zero-order valence-corrected chi connectivity index (χ0v) is 15.7. The van der Waals surface area contributed by atoms with E-state index in [9.17, 15) is 9.90 Å². The van der Waals surface area contributed by atoms with Crippen LogP contribution in [-0.4, -0.2) is 29.0 Å². The van der Waals surface area contributed by atoms with E-state index in [1.807, 2.05) is 19.1 Å². The number of phenolic OH excluding ortho intramolecular Hbond substituents is 1. The topological polar surface area (TPSA) is 104 Å². The molecule has 0 saturated carbocycles. The standard InChI is InChI=1S/C22H19N3O4/c1-2-29-20-9-6-17(7-10-20)24-25-19-8-11-21(26)16(13-19)14-23-18-5-3-4-15(12-18)22(27)28/h3-14,26H,2H2,1H3,(H,27,28). The molecule has 2 N–H and O–H groups in total. The van der Waals surface area contributed by atoms with E-state index in [1.54, 1.807) is 36.4 Å². The molecular weight excluding hydrogens is 370 g/mol. The highest BCUT2D eigenvalue weighted by molar-refractivity contribution is 5.90. The van der Waals surface area contributed by atoms with Gasteiger partial charge in [0.05, 0.1) is 29.2 Å². The molecule has 7 nitrogen and oxygen atoms in total. The summed E-state index contributed by atoms with van der Waals surface area (Å²) in [6.07, 6.45) is 1.45. The number of rotatable bonds is 7. The molecule has 146 valence electrons. The third-order valence-corrected chi connectivity index (χ3v) is 3.89. The molecule has 0 amide bonds. The molecule has 3 rings (SSSR count). The van der Waals surface area contributed by atoms with Crippen LogP contribution in [0.15, 0.2) is 82.0 Å². The van der Waals surface area contributed by atoms with Gasteiger partial charge < -0.3 is 14.9 Å². The molecule has 0 aliphatic rings. The van der Waals surface area contributed by atoms with E-state index in [0.29, 0.717) is 29.2 Å². The van der Waals surface area contributed by atoms with Gasteiger partial charge in [-0.2, -0.15) is 10.2 Å². The molecule has 0 saturated heterocycles. The van der Waals surface area contributed by atoms with Crippen molar-refractivity contribution >= 4 is 29.2 Å². The molecule has 0 aliphatic heterocycles. The van der Waals surface area contributed by atoms with Gasteiger partial charge in [0.15, 0.2) is 0 Å². The van der Waals surface area contributed by atoms with Gasteiger partial charge in [-0.25, -0.2) is 4.79 Å². The van der Waals surface area contributed by atoms with Crippen molar-refractivity contribution in [2.45, 2.75) is 6.92 Å². The summed E-state index contributed by atoms with van der Waals surface area (Å²) >= 11 is 0. The normalized spacial score (nSPS) is 11.2. The fourth-order valence-corrected chi connectivity index (χ4v) is 2.46. The van der Waals surface area contributed by atoms with Gasteiger partial charge in [0.2, 0.25) is 0 Å². The van der Waals surface area contributed by atoms with Crippen LogP contribution in [0.4, 0.5) is 17.1 Å². The van der Waals surface area contributed by atoms with Gasteiger partial charge in [0.25, 0.3) is 0 Å². The fourth-order valence-electron chi connectivity index (χ4n) is 2.46. The van der Waals surface area contributed by atoms with Crippen LogP contribution in [0, 0.1) is 0 Å². The van der Waals surface area contributed by atoms with Gasteiger partial charge in [0.1, 0.15) is 11.5 Å². The molecule has 3 aromatic rings. The molecular formula is C22H19N3O4. The fraction of sp³-hybridized carbons (Fsp3) is 0.0909. The first-order valence-electron chi connectivity index (χ1n) is 8.90. The molecule has 29 heavy (non-hydrogen) atoms. The minimum absolute atomic E-state index is 0.0307. The van der Waals surface area contributed by atoms with Crippen molar-refractivity contribution in [2.75, 3.05) is 6.61 Å². The predicted octanol–water partition coefficient (Wildman–Crippen LogP) is 5.66. The maximum absolute atomic E-state index is 11.0. The number of hydrogen-bond acceptors (Lipinski definition) is 6. The van der Waals surface area contributed by atoms with Gasteiger partial charge in [0, 0.05) is 11.8 Å². The lowest BCUT2D eigenvalue weighted by Crippen LogP contribution is -1.94. The first kappa shape index (κ1) is 19.8. The number of benzene rings is 3. The van der Waals surface area contributed by atoms with Crippen molar-refractivity contribution in [1.82, 2.24) is 0 Å². The second-order valence-corrected chi connectivity index (χ2v) is 5.98. The van der Waals surface area contributed by atoms with Gasteiger partial charge in [-0.15, -0.1) is 0 Å². The lowest BCUT2D eigenvalue weighted by molar-refractivity contribution is 0.0697. The number of aromatic carboxylic acids is 1. The smallest absolute Gasteiger partial charge is 0.335 e. The minimum atomic E-state index is -1.03. The molecule has 0 aliphatic carbocycles. The number of hydrogen-bond donors (Lipinski definition) is 2. The van der Waals surface area contributed by atoms with Crippen molar-refractivity contribution in [3.05, 3.63) is 77.9 Å². The Morgan fingerprint density at radius 1 is 0.966 bits per heavy atom. The SMILES string of the molecule is CCOc1ccc(N=Nc2ccc(O)c(C=Nc3cccc(C(=O)O)c3)c2)cc1. The highest BCUT2D eigenvalue weighted by Crippen LogP contribution is 2.26. The monoisotopic (exact) mass is 389 g/mol. The second-order valence-electron chi connectivity index (χ2n) is 5.98. The summed E-state index contributed by atoms with van der Waals surface area (Å²) < 4.78 is 5.39. The van der Waals surface area contributed by atoms with E-state index in [0.717, 1.165) is 5.75 Å². The predicted molar refractivity (Wildman–Crippen MR) is 111 cm³/mol. The molecule has 3 aromatic carbocycles. The number of aliphatic imine (C=N–C) groups is 1. The van der Waals surface area contributed by atoms with E-state index in [4.69, 9.17) is 9.84 Å². The number of phenols is 1. The second kappa shape index (κ2) is 9.27. The molecule has 0 spiro atoms. The van der Waals surface area contributed by atoms with E-state index < -0.39 is 5.97 Å². The number of carbonyl (C=O) groups is 1. The van der Waals surface area contributed by atoms with E-state index in [1.165, 1.54) is 24.4 Å². The summed E-state index contributed by atoms with van der Waals surface area (Å²) in [6.45, 7) is 2.52. The Morgan fingerprint density at radius 3 is 2.41 bits per heavy atom. The number of azo groups is 1. The summed E-state index contributed by atoms with van der Waals surface area (Å²) in [4.78, 5) is 15.3. The summed E-state index contributed by atoms with van der Waals surface area (Å²) in [7, 11) is 0. The molecule has 0 fully saturated rings. The Hall–Kier alpha value is -4.00. The Bertz CT molecular complexity index is 1060. The Kier molecular flexibility index (Phi) is 6.32. The van der Waals surface area contributed by atoms with Crippen LogP contribution >= 0.6 is 0 Å². The van der Waals surface area contributed by atoms with Crippen LogP contribution in [0.25, 0.3) is 0 Å². The number of nitrogens with zero attached hydrogens (tertiary/aromatic N) is 3. The van der Waals surface area contributed by atoms with Crippen LogP contribution in [0.5, 0.6) is 11.5 Å². The maximum atomic E-state index is 11.0. The molecule has 0 atom stereocenters. The Labute approximate surface area is 167 Å². The largest absolute Gasteiger partial charge is 0.507 e. The lowest BCUT2D eigenvalue weighted by atomic mass is 10.2. The number of carboxylic acid groups (broad SMARTS) is 1. The van der Waals surface area contributed by atoms with E-state index in [-0.39, 0.29) is 11.3 Å². The van der Waals surface area contributed by atoms with Crippen molar-refractivity contribution in [2.24, 2.45) is 15.2 Å². The third-order valence-electron chi connectivity index (χ3n) is 3.89. The van der Waals surface area contributed by atoms with Crippen LogP contribution in [-0.2, 0) is 0 Å². The average molecular weight is 389 g/mol. The van der Waals surface area contributed by atoms with Crippen LogP contribution in [0.2, 0.25) is 0 Å². The summed E-state index contributed by atoms with van der Waals surface area (Å²) in [5, 5.41) is 27.5. The van der Waals surface area contributed by atoms with Gasteiger partial charge in [-0.1, -0.05) is 6.07 Å². The Balaban J connectivity index is 1.77. The van der Waals surface area contributed by atoms with E-state index in [2.05, 4.69) is 15.2 Å². The molecule has 0 radical (unpaired) electrons. The van der Waals surface area contributed by atoms with Crippen LogP contribution in [0.3, 0.4) is 0 Å². The zero-order valence-electron chi connectivity index (χ0n) is 15.7. The van der Waals surface area contributed by atoms with Crippen molar-refractivity contribution < 1.29 is 19.7 Å². The first-order valence-corrected chi connectivity index (χ1v) is 8.90. The van der Waals surface area contributed by atoms with Crippen molar-refractivity contribution in [3.8, 4) is 11.5 Å². The molecule has 0 aromatic heterocycles. The van der Waals surface area contributed by atoms with Gasteiger partial charge in [-0.3, -0.25) is 4.99 Å². The van der Waals surface area contributed by atoms with Crippen LogP contribution < -0.4 is 4.74 Å². The van der Waals surface area contributed by atoms with Crippen molar-refractivity contribution in [3.63, 3.8) is 0 Å². The molecule has 0 bridgehead atoms. The van der Waals surface area contributed by atoms with E-state index >= 15 is 0 Å². The maximum Gasteiger partial charge on any atom is 0.335 e. The first-order chi connectivity index (χ1) is 14.0. The van der Waals surface area contributed by atoms with Gasteiger partial charge in [-0.05, 0) is 67.6 Å². The average Bonchev–Trinajstić information content (AvgIpc) is 2.73. The zero-order chi connectivity index (χ0) is 20.6. The summed E-state index contributed by atoms with van der Waals surface area (Å²) in [5.74, 6) is -0.230. The highest BCUT2D eigenvalue weighted by atomic mass is 16.5. The molecule has 7 heteroatoms. The van der Waals surface area contributed by atoms with Crippen molar-refractivity contribution in [1.29, 1.82) is 0 Å². The number of ether oxygens (including phenoxy) is 1. The lowest BCUT2D eigenvalue weighted by Gasteiger charge is -2.02. The summed E-state index contributed by atoms with van der Waals surface area (Å²) in [6, 6.07) is 18.2. The Morgan fingerprint density at radius 2 is 1.69 bits per heavy atom.